The predicted octanol–water partition coefficient (Wildman–Crippen LogP) is 3.76. The van der Waals surface area contributed by atoms with Gasteiger partial charge in [-0.2, -0.15) is 0 Å². The topological polar surface area (TPSA) is 57.3 Å². The maximum Gasteiger partial charge on any atom is 0.319 e. The molecule has 0 spiro atoms. The Hall–Kier alpha value is -2.08. The number of rotatable bonds is 4. The van der Waals surface area contributed by atoms with Gasteiger partial charge in [0.1, 0.15) is 5.01 Å². The second-order valence-electron chi connectivity index (χ2n) is 5.76. The minimum atomic E-state index is -0.192. The van der Waals surface area contributed by atoms with Gasteiger partial charge in [-0.25, -0.2) is 9.78 Å². The van der Waals surface area contributed by atoms with Crippen molar-refractivity contribution in [2.24, 2.45) is 0 Å². The number of hydrogen-bond donors (Lipinski definition) is 2. The van der Waals surface area contributed by atoms with Crippen LogP contribution in [0.4, 0.5) is 16.2 Å². The summed E-state index contributed by atoms with van der Waals surface area (Å²) in [5.41, 5.74) is 2.96. The summed E-state index contributed by atoms with van der Waals surface area (Å²) in [7, 11) is 0. The van der Waals surface area contributed by atoms with E-state index in [1.165, 1.54) is 19.3 Å². The Morgan fingerprint density at radius 3 is 2.78 bits per heavy atom. The lowest BCUT2D eigenvalue weighted by Crippen LogP contribution is -2.32. The first-order valence-corrected chi connectivity index (χ1v) is 8.90. The molecule has 1 aromatic carbocycles. The fourth-order valence-corrected chi connectivity index (χ4v) is 3.51. The number of amides is 2. The van der Waals surface area contributed by atoms with Gasteiger partial charge in [-0.1, -0.05) is 12.1 Å². The molecule has 3 rings (SSSR count). The molecule has 1 fully saturated rings. The van der Waals surface area contributed by atoms with Crippen LogP contribution in [-0.2, 0) is 6.54 Å². The van der Waals surface area contributed by atoms with Crippen LogP contribution in [0.15, 0.2) is 29.6 Å². The molecule has 0 unspecified atom stereocenters. The number of para-hydroxylation sites is 2. The summed E-state index contributed by atoms with van der Waals surface area (Å²) in [6.45, 7) is 4.52. The Kier molecular flexibility index (Phi) is 5.12. The van der Waals surface area contributed by atoms with Crippen molar-refractivity contribution in [2.75, 3.05) is 23.3 Å². The largest absolute Gasteiger partial charge is 0.370 e. The first-order valence-electron chi connectivity index (χ1n) is 8.02. The average Bonchev–Trinajstić information content (AvgIpc) is 3.00. The summed E-state index contributed by atoms with van der Waals surface area (Å²) in [4.78, 5) is 18.9. The summed E-state index contributed by atoms with van der Waals surface area (Å²) < 4.78 is 0. The van der Waals surface area contributed by atoms with Gasteiger partial charge in [0.2, 0.25) is 0 Å². The number of aromatic nitrogens is 1. The highest BCUT2D eigenvalue weighted by Gasteiger charge is 2.15. The molecule has 1 aliphatic heterocycles. The molecule has 122 valence electrons. The first-order chi connectivity index (χ1) is 11.2. The lowest BCUT2D eigenvalue weighted by atomic mass is 10.1. The number of hydrogen-bond acceptors (Lipinski definition) is 4. The number of urea groups is 1. The zero-order valence-corrected chi connectivity index (χ0v) is 14.2. The lowest BCUT2D eigenvalue weighted by Gasteiger charge is -2.30. The molecule has 0 saturated carbocycles. The molecule has 2 heterocycles. The zero-order valence-electron chi connectivity index (χ0n) is 13.3. The normalized spacial score (nSPS) is 14.6. The highest BCUT2D eigenvalue weighted by Crippen LogP contribution is 2.28. The van der Waals surface area contributed by atoms with Crippen molar-refractivity contribution in [1.82, 2.24) is 10.3 Å². The van der Waals surface area contributed by atoms with Gasteiger partial charge < -0.3 is 15.5 Å². The molecular formula is C17H22N4OS. The minimum absolute atomic E-state index is 0.192. The quantitative estimate of drug-likeness (QED) is 0.897. The van der Waals surface area contributed by atoms with E-state index in [1.54, 1.807) is 11.3 Å². The van der Waals surface area contributed by atoms with Crippen molar-refractivity contribution < 1.29 is 4.79 Å². The number of nitrogens with zero attached hydrogens (tertiary/aromatic N) is 2. The number of thiazole rings is 1. The van der Waals surface area contributed by atoms with Crippen LogP contribution >= 0.6 is 11.3 Å². The van der Waals surface area contributed by atoms with E-state index in [-0.39, 0.29) is 6.03 Å². The molecule has 1 aromatic heterocycles. The van der Waals surface area contributed by atoms with Crippen molar-refractivity contribution in [2.45, 2.75) is 32.7 Å². The van der Waals surface area contributed by atoms with E-state index in [0.29, 0.717) is 6.54 Å². The molecule has 2 amide bonds. The van der Waals surface area contributed by atoms with Gasteiger partial charge in [0.05, 0.1) is 17.9 Å². The molecule has 0 atom stereocenters. The summed E-state index contributed by atoms with van der Waals surface area (Å²) in [5.74, 6) is 0. The summed E-state index contributed by atoms with van der Waals surface area (Å²) in [6, 6.07) is 7.81. The van der Waals surface area contributed by atoms with Crippen LogP contribution in [0.1, 0.15) is 30.0 Å². The fraction of sp³-hybridized carbons (Fsp3) is 0.412. The molecule has 23 heavy (non-hydrogen) atoms. The standard InChI is InChI=1S/C17H22N4OS/c1-13-12-23-16(19-13)11-18-17(22)20-14-7-3-4-8-15(14)21-9-5-2-6-10-21/h3-4,7-8,12H,2,5-6,9-11H2,1H3,(H2,18,20,22). The maximum absolute atomic E-state index is 12.2. The smallest absolute Gasteiger partial charge is 0.319 e. The number of carbonyl (C=O) groups excluding carboxylic acids is 1. The van der Waals surface area contributed by atoms with Gasteiger partial charge in [0, 0.05) is 24.2 Å². The lowest BCUT2D eigenvalue weighted by molar-refractivity contribution is 0.251. The van der Waals surface area contributed by atoms with Gasteiger partial charge in [0.15, 0.2) is 0 Å². The van der Waals surface area contributed by atoms with E-state index in [9.17, 15) is 4.79 Å². The van der Waals surface area contributed by atoms with Crippen LogP contribution in [-0.4, -0.2) is 24.1 Å². The molecule has 5 nitrogen and oxygen atoms in total. The molecule has 0 radical (unpaired) electrons. The third-order valence-electron chi connectivity index (χ3n) is 3.92. The molecular weight excluding hydrogens is 308 g/mol. The number of piperidine rings is 1. The van der Waals surface area contributed by atoms with Crippen LogP contribution in [0.3, 0.4) is 0 Å². The van der Waals surface area contributed by atoms with Gasteiger partial charge >= 0.3 is 6.03 Å². The Labute approximate surface area is 140 Å². The van der Waals surface area contributed by atoms with E-state index < -0.39 is 0 Å². The average molecular weight is 330 g/mol. The Morgan fingerprint density at radius 2 is 2.04 bits per heavy atom. The van der Waals surface area contributed by atoms with Crippen molar-refractivity contribution in [1.29, 1.82) is 0 Å². The Morgan fingerprint density at radius 1 is 1.26 bits per heavy atom. The molecule has 0 aliphatic carbocycles. The summed E-state index contributed by atoms with van der Waals surface area (Å²) >= 11 is 1.56. The molecule has 2 N–H and O–H groups in total. The highest BCUT2D eigenvalue weighted by atomic mass is 32.1. The van der Waals surface area contributed by atoms with Crippen molar-refractivity contribution in [3.8, 4) is 0 Å². The number of aryl methyl sites for hydroxylation is 1. The molecule has 6 heteroatoms. The predicted molar refractivity (Wildman–Crippen MR) is 95.2 cm³/mol. The number of anilines is 2. The van der Waals surface area contributed by atoms with E-state index in [0.717, 1.165) is 35.2 Å². The van der Waals surface area contributed by atoms with Gasteiger partial charge in [-0.05, 0) is 38.3 Å². The van der Waals surface area contributed by atoms with Crippen molar-refractivity contribution in [3.63, 3.8) is 0 Å². The van der Waals surface area contributed by atoms with Gasteiger partial charge in [-0.3, -0.25) is 0 Å². The number of nitrogens with one attached hydrogen (secondary N) is 2. The number of benzene rings is 1. The zero-order chi connectivity index (χ0) is 16.1. The van der Waals surface area contributed by atoms with E-state index in [4.69, 9.17) is 0 Å². The summed E-state index contributed by atoms with van der Waals surface area (Å²) in [6.07, 6.45) is 3.72. The van der Waals surface area contributed by atoms with Crippen LogP contribution in [0.5, 0.6) is 0 Å². The van der Waals surface area contributed by atoms with E-state index >= 15 is 0 Å². The number of carbonyl (C=O) groups is 1. The van der Waals surface area contributed by atoms with Crippen molar-refractivity contribution >= 4 is 28.7 Å². The third kappa shape index (κ3) is 4.22. The van der Waals surface area contributed by atoms with Gasteiger partial charge in [-0.15, -0.1) is 11.3 Å². The molecule has 2 aromatic rings. The third-order valence-corrected chi connectivity index (χ3v) is 4.88. The molecule has 1 saturated heterocycles. The van der Waals surface area contributed by atoms with Crippen LogP contribution in [0, 0.1) is 6.92 Å². The SMILES string of the molecule is Cc1csc(CNC(=O)Nc2ccccc2N2CCCCC2)n1. The minimum Gasteiger partial charge on any atom is -0.370 e. The van der Waals surface area contributed by atoms with Gasteiger partial charge in [0.25, 0.3) is 0 Å². The van der Waals surface area contributed by atoms with Crippen LogP contribution in [0.25, 0.3) is 0 Å². The first kappa shape index (κ1) is 15.8. The Bertz CT molecular complexity index is 664. The monoisotopic (exact) mass is 330 g/mol. The molecule has 0 bridgehead atoms. The summed E-state index contributed by atoms with van der Waals surface area (Å²) in [5, 5.41) is 8.75. The van der Waals surface area contributed by atoms with Crippen molar-refractivity contribution in [3.05, 3.63) is 40.3 Å². The molecule has 1 aliphatic rings. The fourth-order valence-electron chi connectivity index (χ4n) is 2.80. The van der Waals surface area contributed by atoms with E-state index in [1.807, 2.05) is 30.5 Å². The second-order valence-corrected chi connectivity index (χ2v) is 6.70. The Balaban J connectivity index is 1.61. The van der Waals surface area contributed by atoms with Crippen LogP contribution < -0.4 is 15.5 Å². The highest BCUT2D eigenvalue weighted by molar-refractivity contribution is 7.09. The second kappa shape index (κ2) is 7.46. The maximum atomic E-state index is 12.2. The van der Waals surface area contributed by atoms with Crippen LogP contribution in [0.2, 0.25) is 0 Å². The van der Waals surface area contributed by atoms with E-state index in [2.05, 4.69) is 26.6 Å².